The number of rotatable bonds is 4. The Morgan fingerprint density at radius 2 is 1.66 bits per heavy atom. The van der Waals surface area contributed by atoms with Crippen molar-refractivity contribution in [3.05, 3.63) is 66.1 Å². The Hall–Kier alpha value is -1.60. The number of likely N-dealkylation sites (N-methyl/N-ethyl adjacent to an activating group) is 2. The van der Waals surface area contributed by atoms with Gasteiger partial charge in [0, 0.05) is 14.1 Å². The molecule has 150 valence electrons. The minimum atomic E-state index is -0.436. The topological polar surface area (TPSA) is 49.9 Å². The first-order chi connectivity index (χ1) is 13.7. The quantitative estimate of drug-likeness (QED) is 0.219. The first kappa shape index (κ1) is 22.1. The van der Waals surface area contributed by atoms with Gasteiger partial charge in [-0.05, 0) is 98.9 Å². The largest absolute Gasteiger partial charge is 0.487 e. The smallest absolute Gasteiger partial charge is 0.265 e. The number of hydrogen-bond acceptors (Lipinski definition) is 4. The second kappa shape index (κ2) is 9.04. The first-order valence-corrected chi connectivity index (χ1v) is 10.9. The molecule has 1 aliphatic heterocycles. The first-order valence-electron chi connectivity index (χ1n) is 8.37. The Labute approximate surface area is 200 Å². The van der Waals surface area contributed by atoms with Crippen molar-refractivity contribution in [2.75, 3.05) is 14.1 Å². The minimum absolute atomic E-state index is 0.0450. The van der Waals surface area contributed by atoms with E-state index >= 15 is 0 Å². The van der Waals surface area contributed by atoms with E-state index in [1.165, 1.54) is 36.0 Å². The van der Waals surface area contributed by atoms with Crippen LogP contribution in [0.5, 0.6) is 5.75 Å². The second-order valence-electron chi connectivity index (χ2n) is 6.30. The fraction of sp³-hybridized carbons (Fsp3) is 0.150. The number of benzene rings is 2. The van der Waals surface area contributed by atoms with Gasteiger partial charge >= 0.3 is 0 Å². The number of hydrogen-bond donors (Lipinski definition) is 0. The summed E-state index contributed by atoms with van der Waals surface area (Å²) in [5.74, 6) is -0.521. The van der Waals surface area contributed by atoms with Gasteiger partial charge in [-0.3, -0.25) is 19.4 Å². The third-order valence-corrected chi connectivity index (χ3v) is 6.40. The summed E-state index contributed by atoms with van der Waals surface area (Å²) in [6, 6.07) is 9.88. The molecule has 9 heteroatoms. The Morgan fingerprint density at radius 3 is 2.21 bits per heavy atom. The molecule has 0 saturated carbocycles. The monoisotopic (exact) mass is 636 g/mol. The van der Waals surface area contributed by atoms with Gasteiger partial charge in [0.2, 0.25) is 0 Å². The van der Waals surface area contributed by atoms with E-state index in [2.05, 4.69) is 45.2 Å². The van der Waals surface area contributed by atoms with E-state index in [0.717, 1.165) is 12.7 Å². The van der Waals surface area contributed by atoms with E-state index in [0.29, 0.717) is 11.3 Å². The highest BCUT2D eigenvalue weighted by Crippen LogP contribution is 2.31. The summed E-state index contributed by atoms with van der Waals surface area (Å²) < 4.78 is 20.8. The van der Waals surface area contributed by atoms with Crippen molar-refractivity contribution in [3.8, 4) is 5.75 Å². The van der Waals surface area contributed by atoms with E-state index < -0.39 is 11.8 Å². The third-order valence-electron chi connectivity index (χ3n) is 4.25. The van der Waals surface area contributed by atoms with Gasteiger partial charge in [0.25, 0.3) is 11.8 Å². The van der Waals surface area contributed by atoms with Gasteiger partial charge in [-0.2, -0.15) is 0 Å². The molecule has 1 heterocycles. The normalized spacial score (nSPS) is 14.5. The average Bonchev–Trinajstić information content (AvgIpc) is 2.67. The summed E-state index contributed by atoms with van der Waals surface area (Å²) in [6.07, 6.45) is 1.56. The molecule has 2 amide bonds. The van der Waals surface area contributed by atoms with Crippen molar-refractivity contribution in [3.63, 3.8) is 0 Å². The number of thiocarbonyl (C=S) groups is 1. The molecule has 1 aliphatic rings. The zero-order valence-corrected chi connectivity index (χ0v) is 20.5. The van der Waals surface area contributed by atoms with Crippen LogP contribution in [-0.4, -0.2) is 40.8 Å². The molecule has 3 rings (SSSR count). The van der Waals surface area contributed by atoms with E-state index in [1.807, 2.05) is 12.1 Å². The Morgan fingerprint density at radius 1 is 1.07 bits per heavy atom. The molecule has 0 radical (unpaired) electrons. The summed E-state index contributed by atoms with van der Waals surface area (Å²) >= 11 is 9.36. The molecule has 0 bridgehead atoms. The van der Waals surface area contributed by atoms with E-state index in [9.17, 15) is 14.0 Å². The molecule has 0 N–H and O–H groups in total. The van der Waals surface area contributed by atoms with Crippen molar-refractivity contribution < 1.29 is 18.7 Å². The van der Waals surface area contributed by atoms with Gasteiger partial charge in [-0.15, -0.1) is 0 Å². The maximum absolute atomic E-state index is 13.3. The second-order valence-corrected chi connectivity index (χ2v) is 8.99. The van der Waals surface area contributed by atoms with Gasteiger partial charge in [0.15, 0.2) is 5.11 Å². The van der Waals surface area contributed by atoms with E-state index in [1.54, 1.807) is 18.2 Å². The molecule has 2 aromatic rings. The lowest BCUT2D eigenvalue weighted by molar-refractivity contribution is -0.132. The Bertz CT molecular complexity index is 1010. The fourth-order valence-electron chi connectivity index (χ4n) is 2.72. The number of ether oxygens (including phenoxy) is 1. The van der Waals surface area contributed by atoms with Crippen LogP contribution >= 0.6 is 57.4 Å². The lowest BCUT2D eigenvalue weighted by Crippen LogP contribution is -2.52. The van der Waals surface area contributed by atoms with Gasteiger partial charge < -0.3 is 4.74 Å². The molecule has 0 spiro atoms. The highest BCUT2D eigenvalue weighted by Gasteiger charge is 2.35. The number of nitrogens with zero attached hydrogens (tertiary/aromatic N) is 2. The summed E-state index contributed by atoms with van der Waals surface area (Å²) in [7, 11) is 3.08. The number of amides is 2. The van der Waals surface area contributed by atoms with Crippen LogP contribution in [0.4, 0.5) is 4.39 Å². The predicted octanol–water partition coefficient (Wildman–Crippen LogP) is 4.21. The SMILES string of the molecule is CN1C(=O)C(=Cc2cc(I)c(OCc3cccc(F)c3)c(I)c2)C(=O)N(C)C1=S. The lowest BCUT2D eigenvalue weighted by atomic mass is 10.1. The molecule has 1 fully saturated rings. The molecule has 0 unspecified atom stereocenters. The van der Waals surface area contributed by atoms with E-state index in [-0.39, 0.29) is 23.1 Å². The van der Waals surface area contributed by atoms with Crippen molar-refractivity contribution in [2.45, 2.75) is 6.61 Å². The van der Waals surface area contributed by atoms with Crippen LogP contribution in [0.1, 0.15) is 11.1 Å². The van der Waals surface area contributed by atoms with Gasteiger partial charge in [-0.1, -0.05) is 12.1 Å². The highest BCUT2D eigenvalue weighted by atomic mass is 127. The van der Waals surface area contributed by atoms with Gasteiger partial charge in [0.05, 0.1) is 7.14 Å². The van der Waals surface area contributed by atoms with Crippen LogP contribution in [-0.2, 0) is 16.2 Å². The summed E-state index contributed by atoms with van der Waals surface area (Å²) in [4.78, 5) is 27.5. The number of halogens is 3. The van der Waals surface area contributed by atoms with E-state index in [4.69, 9.17) is 17.0 Å². The molecule has 1 saturated heterocycles. The van der Waals surface area contributed by atoms with Crippen LogP contribution < -0.4 is 4.74 Å². The molecule has 0 aromatic heterocycles. The third kappa shape index (κ3) is 4.77. The molecule has 2 aromatic carbocycles. The van der Waals surface area contributed by atoms with Crippen molar-refractivity contribution in [1.29, 1.82) is 0 Å². The molecule has 0 atom stereocenters. The average molecular weight is 636 g/mol. The molecular weight excluding hydrogens is 621 g/mol. The summed E-state index contributed by atoms with van der Waals surface area (Å²) in [6.45, 7) is 0.230. The Balaban J connectivity index is 1.87. The number of carbonyl (C=O) groups is 2. The molecule has 5 nitrogen and oxygen atoms in total. The van der Waals surface area contributed by atoms with Crippen molar-refractivity contribution in [2.24, 2.45) is 0 Å². The van der Waals surface area contributed by atoms with Crippen molar-refractivity contribution in [1.82, 2.24) is 9.80 Å². The van der Waals surface area contributed by atoms with Gasteiger partial charge in [-0.25, -0.2) is 4.39 Å². The van der Waals surface area contributed by atoms with Crippen LogP contribution in [0.3, 0.4) is 0 Å². The van der Waals surface area contributed by atoms with Gasteiger partial charge in [0.1, 0.15) is 23.7 Å². The van der Waals surface area contributed by atoms with Crippen LogP contribution in [0.2, 0.25) is 0 Å². The lowest BCUT2D eigenvalue weighted by Gasteiger charge is -2.31. The standard InChI is InChI=1S/C20H15FI2N2O3S/c1-24-18(26)14(19(27)25(2)20(24)29)7-12-8-15(22)17(16(23)9-12)28-10-11-4-3-5-13(21)6-11/h3-9H,10H2,1-2H3. The van der Waals surface area contributed by atoms with Crippen LogP contribution in [0.25, 0.3) is 6.08 Å². The molecule has 29 heavy (non-hydrogen) atoms. The maximum atomic E-state index is 13.3. The zero-order valence-electron chi connectivity index (χ0n) is 15.4. The summed E-state index contributed by atoms with van der Waals surface area (Å²) in [5, 5.41) is 0.169. The maximum Gasteiger partial charge on any atom is 0.265 e. The summed E-state index contributed by atoms with van der Waals surface area (Å²) in [5.41, 5.74) is 1.47. The molecule has 0 aliphatic carbocycles. The minimum Gasteiger partial charge on any atom is -0.487 e. The Kier molecular flexibility index (Phi) is 6.89. The van der Waals surface area contributed by atoms with Crippen molar-refractivity contribution >= 4 is 80.4 Å². The number of carbonyl (C=O) groups excluding carboxylic acids is 2. The van der Waals surface area contributed by atoms with Crippen LogP contribution in [0, 0.1) is 13.0 Å². The zero-order chi connectivity index (χ0) is 21.3. The van der Waals surface area contributed by atoms with Crippen LogP contribution in [0.15, 0.2) is 42.0 Å². The predicted molar refractivity (Wildman–Crippen MR) is 129 cm³/mol. The highest BCUT2D eigenvalue weighted by molar-refractivity contribution is 14.1. The molecular formula is C20H15FI2N2O3S. The fourth-order valence-corrected chi connectivity index (χ4v) is 5.02.